The smallest absolute Gasteiger partial charge is 0.349 e. The third-order valence-corrected chi connectivity index (χ3v) is 4.20. The van der Waals surface area contributed by atoms with Crippen LogP contribution in [0.1, 0.15) is 24.9 Å². The van der Waals surface area contributed by atoms with E-state index in [9.17, 15) is 18.0 Å². The number of carbonyl (C=O) groups excluding carboxylic acids is 1. The predicted molar refractivity (Wildman–Crippen MR) is 74.0 cm³/mol. The van der Waals surface area contributed by atoms with E-state index in [1.54, 1.807) is 31.2 Å². The van der Waals surface area contributed by atoms with E-state index >= 15 is 0 Å². The fourth-order valence-electron chi connectivity index (χ4n) is 2.50. The zero-order valence-electron chi connectivity index (χ0n) is 11.4. The molecular weight excluding hydrogens is 305 g/mol. The van der Waals surface area contributed by atoms with Crippen LogP contribution in [-0.2, 0) is 4.79 Å². The summed E-state index contributed by atoms with van der Waals surface area (Å²) in [6.45, 7) is 1.40. The molecule has 1 heterocycles. The van der Waals surface area contributed by atoms with Crippen molar-refractivity contribution in [2.75, 3.05) is 13.1 Å². The maximum atomic E-state index is 13.3. The minimum Gasteiger partial charge on any atom is -0.349 e. The summed E-state index contributed by atoms with van der Waals surface area (Å²) in [4.78, 5) is 12.2. The highest BCUT2D eigenvalue weighted by molar-refractivity contribution is 6.31. The molecule has 21 heavy (non-hydrogen) atoms. The SMILES string of the molecule is C[C@H](NC(=O)C1(C(F)(F)F)CCNC1)c1ccccc1Cl. The Labute approximate surface area is 125 Å². The first-order valence-electron chi connectivity index (χ1n) is 6.61. The van der Waals surface area contributed by atoms with E-state index in [4.69, 9.17) is 11.6 Å². The van der Waals surface area contributed by atoms with Crippen LogP contribution in [0.15, 0.2) is 24.3 Å². The van der Waals surface area contributed by atoms with E-state index in [2.05, 4.69) is 10.6 Å². The van der Waals surface area contributed by atoms with Crippen LogP contribution in [0.25, 0.3) is 0 Å². The molecule has 2 N–H and O–H groups in total. The largest absolute Gasteiger partial charge is 0.404 e. The lowest BCUT2D eigenvalue weighted by Crippen LogP contribution is -2.52. The van der Waals surface area contributed by atoms with Crippen LogP contribution in [0.2, 0.25) is 5.02 Å². The zero-order chi connectivity index (χ0) is 15.7. The van der Waals surface area contributed by atoms with Gasteiger partial charge in [0.2, 0.25) is 5.91 Å². The highest BCUT2D eigenvalue weighted by atomic mass is 35.5. The van der Waals surface area contributed by atoms with Crippen LogP contribution in [0.3, 0.4) is 0 Å². The molecule has 1 aliphatic rings. The van der Waals surface area contributed by atoms with Crippen LogP contribution in [0.4, 0.5) is 13.2 Å². The molecule has 1 fully saturated rings. The first kappa shape index (κ1) is 16.1. The first-order valence-corrected chi connectivity index (χ1v) is 6.98. The Bertz CT molecular complexity index is 527. The summed E-state index contributed by atoms with van der Waals surface area (Å²) in [6, 6.07) is 6.17. The monoisotopic (exact) mass is 320 g/mol. The van der Waals surface area contributed by atoms with Crippen LogP contribution in [0.5, 0.6) is 0 Å². The Morgan fingerprint density at radius 2 is 2.10 bits per heavy atom. The van der Waals surface area contributed by atoms with Gasteiger partial charge in [0.1, 0.15) is 0 Å². The third kappa shape index (κ3) is 3.01. The summed E-state index contributed by atoms with van der Waals surface area (Å²) < 4.78 is 39.8. The van der Waals surface area contributed by atoms with Gasteiger partial charge in [-0.3, -0.25) is 4.79 Å². The molecule has 1 aromatic carbocycles. The number of hydrogen-bond acceptors (Lipinski definition) is 2. The Balaban J connectivity index is 2.19. The number of alkyl halides is 3. The molecule has 0 spiro atoms. The van der Waals surface area contributed by atoms with Crippen LogP contribution < -0.4 is 10.6 Å². The Morgan fingerprint density at radius 3 is 2.62 bits per heavy atom. The molecular formula is C14H16ClF3N2O. The van der Waals surface area contributed by atoms with E-state index in [0.29, 0.717) is 10.6 Å². The van der Waals surface area contributed by atoms with E-state index in [1.165, 1.54) is 0 Å². The summed E-state index contributed by atoms with van der Waals surface area (Å²) in [5.74, 6) is -1.01. The standard InChI is InChI=1S/C14H16ClF3N2O/c1-9(10-4-2-3-5-11(10)15)20-12(21)13(14(16,17)18)6-7-19-8-13/h2-5,9,19H,6-8H2,1H3,(H,20,21)/t9-,13?/m0/s1. The summed E-state index contributed by atoms with van der Waals surface area (Å²) in [5, 5.41) is 5.47. The van der Waals surface area contributed by atoms with Gasteiger partial charge in [-0.25, -0.2) is 0 Å². The van der Waals surface area contributed by atoms with Gasteiger partial charge in [0.25, 0.3) is 0 Å². The topological polar surface area (TPSA) is 41.1 Å². The van der Waals surface area contributed by atoms with E-state index in [1.807, 2.05) is 0 Å². The first-order chi connectivity index (χ1) is 9.78. The highest BCUT2D eigenvalue weighted by Crippen LogP contribution is 2.43. The highest BCUT2D eigenvalue weighted by Gasteiger charge is 2.61. The molecule has 2 atom stereocenters. The summed E-state index contributed by atoms with van der Waals surface area (Å²) in [6.07, 6.45) is -4.83. The van der Waals surface area contributed by atoms with Crippen molar-refractivity contribution in [1.29, 1.82) is 0 Å². The molecule has 0 aromatic heterocycles. The van der Waals surface area contributed by atoms with Gasteiger partial charge in [-0.05, 0) is 31.5 Å². The fourth-order valence-corrected chi connectivity index (χ4v) is 2.79. The van der Waals surface area contributed by atoms with Crippen molar-refractivity contribution in [2.24, 2.45) is 5.41 Å². The van der Waals surface area contributed by atoms with E-state index in [-0.39, 0.29) is 13.0 Å². The predicted octanol–water partition coefficient (Wildman–Crippen LogP) is 3.06. The van der Waals surface area contributed by atoms with Crippen molar-refractivity contribution >= 4 is 17.5 Å². The fraction of sp³-hybridized carbons (Fsp3) is 0.500. The molecule has 1 aliphatic heterocycles. The molecule has 0 radical (unpaired) electrons. The molecule has 1 unspecified atom stereocenters. The number of amides is 1. The van der Waals surface area contributed by atoms with Gasteiger partial charge in [-0.15, -0.1) is 0 Å². The Kier molecular flexibility index (Phi) is 4.49. The van der Waals surface area contributed by atoms with E-state index in [0.717, 1.165) is 0 Å². The van der Waals surface area contributed by atoms with Crippen molar-refractivity contribution in [3.63, 3.8) is 0 Å². The number of hydrogen-bond donors (Lipinski definition) is 2. The second-order valence-corrected chi connectivity index (χ2v) is 5.63. The maximum Gasteiger partial charge on any atom is 0.404 e. The molecule has 2 rings (SSSR count). The number of rotatable bonds is 3. The van der Waals surface area contributed by atoms with Gasteiger partial charge in [0, 0.05) is 11.6 Å². The van der Waals surface area contributed by atoms with Crippen molar-refractivity contribution in [2.45, 2.75) is 25.6 Å². The van der Waals surface area contributed by atoms with Crippen molar-refractivity contribution < 1.29 is 18.0 Å². The van der Waals surface area contributed by atoms with Crippen molar-refractivity contribution in [3.8, 4) is 0 Å². The van der Waals surface area contributed by atoms with Gasteiger partial charge < -0.3 is 10.6 Å². The number of carbonyl (C=O) groups is 1. The van der Waals surface area contributed by atoms with Crippen molar-refractivity contribution in [3.05, 3.63) is 34.9 Å². The molecule has 3 nitrogen and oxygen atoms in total. The molecule has 7 heteroatoms. The van der Waals surface area contributed by atoms with Crippen LogP contribution in [0, 0.1) is 5.41 Å². The second-order valence-electron chi connectivity index (χ2n) is 5.22. The summed E-state index contributed by atoms with van der Waals surface area (Å²) in [7, 11) is 0. The third-order valence-electron chi connectivity index (χ3n) is 3.85. The van der Waals surface area contributed by atoms with Crippen LogP contribution in [-0.4, -0.2) is 25.2 Å². The summed E-state index contributed by atoms with van der Waals surface area (Å²) in [5.41, 5.74) is -1.77. The molecule has 1 saturated heterocycles. The Morgan fingerprint density at radius 1 is 1.43 bits per heavy atom. The average Bonchev–Trinajstić information content (AvgIpc) is 2.89. The Hall–Kier alpha value is -1.27. The molecule has 0 bridgehead atoms. The lowest BCUT2D eigenvalue weighted by molar-refractivity contribution is -0.216. The van der Waals surface area contributed by atoms with Crippen LogP contribution >= 0.6 is 11.6 Å². The number of nitrogens with one attached hydrogen (secondary N) is 2. The van der Waals surface area contributed by atoms with Gasteiger partial charge in [0.15, 0.2) is 5.41 Å². The zero-order valence-corrected chi connectivity index (χ0v) is 12.2. The second kappa shape index (κ2) is 5.85. The number of halogens is 4. The maximum absolute atomic E-state index is 13.3. The van der Waals surface area contributed by atoms with Gasteiger partial charge >= 0.3 is 6.18 Å². The lowest BCUT2D eigenvalue weighted by atomic mass is 9.84. The van der Waals surface area contributed by atoms with Gasteiger partial charge in [0.05, 0.1) is 6.04 Å². The number of benzene rings is 1. The average molecular weight is 321 g/mol. The molecule has 1 aromatic rings. The molecule has 0 saturated carbocycles. The van der Waals surface area contributed by atoms with Gasteiger partial charge in [-0.2, -0.15) is 13.2 Å². The molecule has 0 aliphatic carbocycles. The minimum atomic E-state index is -4.58. The normalized spacial score (nSPS) is 23.9. The van der Waals surface area contributed by atoms with Crippen molar-refractivity contribution in [1.82, 2.24) is 10.6 Å². The van der Waals surface area contributed by atoms with E-state index < -0.39 is 30.1 Å². The quantitative estimate of drug-likeness (QED) is 0.898. The van der Waals surface area contributed by atoms with Gasteiger partial charge in [-0.1, -0.05) is 29.8 Å². The molecule has 1 amide bonds. The lowest BCUT2D eigenvalue weighted by Gasteiger charge is -2.31. The minimum absolute atomic E-state index is 0.174. The summed E-state index contributed by atoms with van der Waals surface area (Å²) >= 11 is 6.00. The molecule has 116 valence electrons.